The van der Waals surface area contributed by atoms with Crippen molar-refractivity contribution in [3.8, 4) is 0 Å². The number of hydrazine groups is 1. The number of hydrogen-bond acceptors (Lipinski definition) is 2. The molecule has 2 N–H and O–H groups in total. The predicted octanol–water partition coefficient (Wildman–Crippen LogP) is 1.54. The van der Waals surface area contributed by atoms with Gasteiger partial charge >= 0.3 is 0 Å². The van der Waals surface area contributed by atoms with Gasteiger partial charge in [-0.15, -0.1) is 0 Å². The Kier molecular flexibility index (Phi) is 3.03. The number of nitrogens with zero attached hydrogens (tertiary/aromatic N) is 1. The topological polar surface area (TPSA) is 46.3 Å². The third-order valence-corrected chi connectivity index (χ3v) is 1.85. The molecule has 70 valence electrons. The summed E-state index contributed by atoms with van der Waals surface area (Å²) in [6, 6.07) is 7.46. The van der Waals surface area contributed by atoms with Crippen molar-refractivity contribution in [1.29, 1.82) is 0 Å². The summed E-state index contributed by atoms with van der Waals surface area (Å²) in [5.41, 5.74) is 1.75. The molecule has 0 unspecified atom stereocenters. The molecule has 0 saturated carbocycles. The van der Waals surface area contributed by atoms with Crippen LogP contribution in [0.5, 0.6) is 0 Å². The van der Waals surface area contributed by atoms with Gasteiger partial charge in [-0.05, 0) is 11.6 Å². The van der Waals surface area contributed by atoms with Crippen LogP contribution >= 0.6 is 0 Å². The van der Waals surface area contributed by atoms with E-state index in [1.807, 2.05) is 32.0 Å². The Bertz CT molecular complexity index is 310. The highest BCUT2D eigenvalue weighted by molar-refractivity contribution is 5.97. The lowest BCUT2D eigenvalue weighted by Gasteiger charge is -2.04. The molecule has 1 aliphatic heterocycles. The third-order valence-electron chi connectivity index (χ3n) is 1.85. The monoisotopic (exact) mass is 178 g/mol. The van der Waals surface area contributed by atoms with Gasteiger partial charge in [-0.3, -0.25) is 9.80 Å². The molecule has 0 fully saturated rings. The zero-order valence-electron chi connectivity index (χ0n) is 7.95. The maximum Gasteiger partial charge on any atom is 0.268 e. The molecule has 3 heteroatoms. The van der Waals surface area contributed by atoms with Crippen LogP contribution in [0.1, 0.15) is 29.8 Å². The molecule has 0 aromatic heterocycles. The Morgan fingerprint density at radius 1 is 1.31 bits per heavy atom. The van der Waals surface area contributed by atoms with Crippen molar-refractivity contribution in [3.05, 3.63) is 35.4 Å². The molecular formula is C10H14N2O. The highest BCUT2D eigenvalue weighted by atomic mass is 16.2. The lowest BCUT2D eigenvalue weighted by Crippen LogP contribution is -2.30. The first-order chi connectivity index (χ1) is 6.29. The van der Waals surface area contributed by atoms with E-state index < -0.39 is 0 Å². The van der Waals surface area contributed by atoms with Gasteiger partial charge in [0.05, 0.1) is 6.54 Å². The molecule has 3 nitrogen and oxygen atoms in total. The summed E-state index contributed by atoms with van der Waals surface area (Å²) in [6.07, 6.45) is 0. The summed E-state index contributed by atoms with van der Waals surface area (Å²) in [4.78, 5) is 11.2. The number of fused-ring (bicyclic) bond motifs is 1. The molecule has 0 aliphatic carbocycles. The quantitative estimate of drug-likeness (QED) is 0.484. The van der Waals surface area contributed by atoms with Crippen molar-refractivity contribution in [2.45, 2.75) is 20.4 Å². The van der Waals surface area contributed by atoms with Crippen LogP contribution in [0, 0.1) is 0 Å². The van der Waals surface area contributed by atoms with Crippen LogP contribution in [-0.2, 0) is 6.54 Å². The van der Waals surface area contributed by atoms with Crippen LogP contribution in [0.4, 0.5) is 0 Å². The molecule has 1 aromatic carbocycles. The van der Waals surface area contributed by atoms with Crippen LogP contribution in [0.25, 0.3) is 0 Å². The van der Waals surface area contributed by atoms with Crippen molar-refractivity contribution in [3.63, 3.8) is 0 Å². The van der Waals surface area contributed by atoms with E-state index in [2.05, 4.69) is 0 Å². The van der Waals surface area contributed by atoms with E-state index in [1.54, 1.807) is 6.07 Å². The minimum atomic E-state index is -0.0828. The van der Waals surface area contributed by atoms with Gasteiger partial charge in [0.15, 0.2) is 0 Å². The Morgan fingerprint density at radius 3 is 2.54 bits per heavy atom. The van der Waals surface area contributed by atoms with E-state index in [1.165, 1.54) is 5.01 Å². The first-order valence-electron chi connectivity index (χ1n) is 4.43. The first kappa shape index (κ1) is 9.74. The second-order valence-corrected chi connectivity index (χ2v) is 2.59. The van der Waals surface area contributed by atoms with Gasteiger partial charge in [-0.1, -0.05) is 32.0 Å². The number of rotatable bonds is 0. The molecule has 0 saturated heterocycles. The maximum atomic E-state index is 11.2. The molecular weight excluding hydrogens is 164 g/mol. The SMILES string of the molecule is CC.NN1Cc2ccccc2C1=O. The van der Waals surface area contributed by atoms with Crippen molar-refractivity contribution in [1.82, 2.24) is 5.01 Å². The molecule has 1 aliphatic rings. The standard InChI is InChI=1S/C8H8N2O.C2H6/c9-10-5-6-3-1-2-4-7(6)8(10)11;1-2/h1-4H,5,9H2;1-2H3. The average Bonchev–Trinajstić information content (AvgIpc) is 2.47. The second-order valence-electron chi connectivity index (χ2n) is 2.59. The maximum absolute atomic E-state index is 11.2. The van der Waals surface area contributed by atoms with Crippen molar-refractivity contribution >= 4 is 5.91 Å². The lowest BCUT2D eigenvalue weighted by atomic mass is 10.1. The fraction of sp³-hybridized carbons (Fsp3) is 0.300. The summed E-state index contributed by atoms with van der Waals surface area (Å²) in [7, 11) is 0. The van der Waals surface area contributed by atoms with Gasteiger partial charge in [0.2, 0.25) is 0 Å². The summed E-state index contributed by atoms with van der Waals surface area (Å²) < 4.78 is 0. The molecule has 1 amide bonds. The van der Waals surface area contributed by atoms with Crippen molar-refractivity contribution < 1.29 is 4.79 Å². The minimum absolute atomic E-state index is 0.0828. The van der Waals surface area contributed by atoms with E-state index in [9.17, 15) is 4.79 Å². The molecule has 0 radical (unpaired) electrons. The van der Waals surface area contributed by atoms with E-state index in [0.29, 0.717) is 6.54 Å². The highest BCUT2D eigenvalue weighted by Crippen LogP contribution is 2.18. The Morgan fingerprint density at radius 2 is 1.92 bits per heavy atom. The molecule has 2 rings (SSSR count). The van der Waals surface area contributed by atoms with Crippen LogP contribution in [0.2, 0.25) is 0 Å². The smallest absolute Gasteiger partial charge is 0.268 e. The number of nitrogens with two attached hydrogens (primary N) is 1. The first-order valence-corrected chi connectivity index (χ1v) is 4.43. The van der Waals surface area contributed by atoms with Crippen LogP contribution in [0.3, 0.4) is 0 Å². The van der Waals surface area contributed by atoms with Crippen LogP contribution in [0.15, 0.2) is 24.3 Å². The van der Waals surface area contributed by atoms with E-state index in [4.69, 9.17) is 5.84 Å². The number of amides is 1. The zero-order valence-corrected chi connectivity index (χ0v) is 7.95. The summed E-state index contributed by atoms with van der Waals surface area (Å²) in [6.45, 7) is 4.54. The fourth-order valence-corrected chi connectivity index (χ4v) is 1.28. The molecule has 0 spiro atoms. The third kappa shape index (κ3) is 1.70. The van der Waals surface area contributed by atoms with Crippen LogP contribution in [-0.4, -0.2) is 10.9 Å². The van der Waals surface area contributed by atoms with E-state index in [-0.39, 0.29) is 5.91 Å². The minimum Gasteiger partial charge on any atom is -0.272 e. The summed E-state index contributed by atoms with van der Waals surface area (Å²) in [5.74, 6) is 5.33. The molecule has 0 atom stereocenters. The Labute approximate surface area is 78.1 Å². The Balaban J connectivity index is 0.000000396. The number of carbonyl (C=O) groups is 1. The fourth-order valence-electron chi connectivity index (χ4n) is 1.28. The largest absolute Gasteiger partial charge is 0.272 e. The zero-order chi connectivity index (χ0) is 9.84. The molecule has 1 aromatic rings. The molecule has 13 heavy (non-hydrogen) atoms. The number of carbonyl (C=O) groups excluding carboxylic acids is 1. The van der Waals surface area contributed by atoms with Gasteiger partial charge in [0, 0.05) is 5.56 Å². The Hall–Kier alpha value is -1.35. The van der Waals surface area contributed by atoms with E-state index >= 15 is 0 Å². The number of benzene rings is 1. The van der Waals surface area contributed by atoms with E-state index in [0.717, 1.165) is 11.1 Å². The average molecular weight is 178 g/mol. The van der Waals surface area contributed by atoms with Gasteiger partial charge in [0.1, 0.15) is 0 Å². The van der Waals surface area contributed by atoms with Gasteiger partial charge in [0.25, 0.3) is 5.91 Å². The van der Waals surface area contributed by atoms with Crippen molar-refractivity contribution in [2.75, 3.05) is 0 Å². The number of hydrogen-bond donors (Lipinski definition) is 1. The second kappa shape index (κ2) is 4.05. The van der Waals surface area contributed by atoms with Crippen LogP contribution < -0.4 is 5.84 Å². The normalized spacial score (nSPS) is 13.5. The van der Waals surface area contributed by atoms with Gasteiger partial charge in [-0.2, -0.15) is 0 Å². The van der Waals surface area contributed by atoms with Gasteiger partial charge in [-0.25, -0.2) is 5.84 Å². The highest BCUT2D eigenvalue weighted by Gasteiger charge is 2.23. The van der Waals surface area contributed by atoms with Crippen molar-refractivity contribution in [2.24, 2.45) is 5.84 Å². The molecule has 1 heterocycles. The van der Waals surface area contributed by atoms with Gasteiger partial charge < -0.3 is 0 Å². The summed E-state index contributed by atoms with van der Waals surface area (Å²) >= 11 is 0. The summed E-state index contributed by atoms with van der Waals surface area (Å²) in [5, 5.41) is 1.23. The predicted molar refractivity (Wildman–Crippen MR) is 51.9 cm³/mol. The molecule has 0 bridgehead atoms. The lowest BCUT2D eigenvalue weighted by molar-refractivity contribution is 0.0778.